The van der Waals surface area contributed by atoms with Crippen LogP contribution >= 0.6 is 0 Å². The number of nitrogens with one attached hydrogen (secondary N) is 1. The molecule has 1 aliphatic carbocycles. The van der Waals surface area contributed by atoms with Crippen molar-refractivity contribution in [2.45, 2.75) is 42.4 Å². The van der Waals surface area contributed by atoms with Gasteiger partial charge in [-0.25, -0.2) is 9.19 Å². The second-order valence-corrected chi connectivity index (χ2v) is 8.61. The average Bonchev–Trinajstić information content (AvgIpc) is 2.80. The number of anilines is 1. The molecule has 1 unspecified atom stereocenters. The van der Waals surface area contributed by atoms with E-state index < -0.39 is 16.5 Å². The molecule has 4 rings (SSSR count). The lowest BCUT2D eigenvalue weighted by molar-refractivity contribution is -0.122. The third-order valence-corrected chi connectivity index (χ3v) is 6.49. The van der Waals surface area contributed by atoms with Gasteiger partial charge in [-0.3, -0.25) is 4.79 Å². The molecule has 0 spiro atoms. The number of pyridine rings is 1. The number of aromatic nitrogens is 1. The van der Waals surface area contributed by atoms with Crippen LogP contribution in [-0.4, -0.2) is 19.7 Å². The number of carbonyl (C=O) groups is 1. The predicted molar refractivity (Wildman–Crippen MR) is 119 cm³/mol. The van der Waals surface area contributed by atoms with Gasteiger partial charge in [0.1, 0.15) is 5.82 Å². The number of carbonyl (C=O) groups excluding carboxylic acids is 1. The Kier molecular flexibility index (Phi) is 6.06. The zero-order chi connectivity index (χ0) is 21.0. The first-order chi connectivity index (χ1) is 14.6. The standard InChI is InChI=1S/C24H24N2O3S/c27-23(24(16-5-2-6-17-24)19-8-3-1-4-9-19)26-22-11-7-10-21(25-22)18-12-14-20(15-13-18)30(28)29/h1,3-4,7-15H,2,5-6,16-17H2,(H,28,29)(H,25,26,27). The summed E-state index contributed by atoms with van der Waals surface area (Å²) in [6, 6.07) is 22.2. The fourth-order valence-corrected chi connectivity index (χ4v) is 4.57. The Morgan fingerprint density at radius 2 is 1.60 bits per heavy atom. The summed E-state index contributed by atoms with van der Waals surface area (Å²) in [4.78, 5) is 18.4. The van der Waals surface area contributed by atoms with Crippen molar-refractivity contribution in [2.75, 3.05) is 5.32 Å². The Morgan fingerprint density at radius 1 is 0.900 bits per heavy atom. The molecule has 1 amide bonds. The van der Waals surface area contributed by atoms with E-state index in [1.165, 1.54) is 0 Å². The molecule has 1 aliphatic rings. The van der Waals surface area contributed by atoms with E-state index in [-0.39, 0.29) is 5.91 Å². The smallest absolute Gasteiger partial charge is 0.236 e. The number of hydrogen-bond donors (Lipinski definition) is 2. The number of nitrogens with zero attached hydrogens (tertiary/aromatic N) is 1. The van der Waals surface area contributed by atoms with Crippen LogP contribution in [0.3, 0.4) is 0 Å². The molecule has 154 valence electrons. The molecule has 0 saturated heterocycles. The number of hydrogen-bond acceptors (Lipinski definition) is 3. The molecular weight excluding hydrogens is 396 g/mol. The van der Waals surface area contributed by atoms with Gasteiger partial charge in [0.2, 0.25) is 5.91 Å². The fourth-order valence-electron chi connectivity index (χ4n) is 4.20. The van der Waals surface area contributed by atoms with E-state index in [1.54, 1.807) is 30.3 Å². The summed E-state index contributed by atoms with van der Waals surface area (Å²) >= 11 is -2.01. The van der Waals surface area contributed by atoms with Crippen LogP contribution in [-0.2, 0) is 21.3 Å². The molecule has 2 aromatic carbocycles. The maximum atomic E-state index is 13.4. The van der Waals surface area contributed by atoms with E-state index in [2.05, 4.69) is 10.3 Å². The third-order valence-electron chi connectivity index (χ3n) is 5.81. The first-order valence-corrected chi connectivity index (χ1v) is 11.2. The average molecular weight is 421 g/mol. The van der Waals surface area contributed by atoms with E-state index in [0.29, 0.717) is 16.4 Å². The van der Waals surface area contributed by atoms with Crippen molar-refractivity contribution in [3.05, 3.63) is 78.4 Å². The summed E-state index contributed by atoms with van der Waals surface area (Å²) < 4.78 is 20.3. The molecule has 3 aromatic rings. The van der Waals surface area contributed by atoms with Crippen LogP contribution in [0.4, 0.5) is 5.82 Å². The zero-order valence-electron chi connectivity index (χ0n) is 16.6. The first kappa shape index (κ1) is 20.4. The summed E-state index contributed by atoms with van der Waals surface area (Å²) in [7, 11) is 0. The Morgan fingerprint density at radius 3 is 2.27 bits per heavy atom. The second kappa shape index (κ2) is 8.90. The minimum absolute atomic E-state index is 0.0101. The van der Waals surface area contributed by atoms with Gasteiger partial charge in [0.15, 0.2) is 11.1 Å². The monoisotopic (exact) mass is 420 g/mol. The highest BCUT2D eigenvalue weighted by Gasteiger charge is 2.41. The number of amides is 1. The van der Waals surface area contributed by atoms with Gasteiger partial charge >= 0.3 is 0 Å². The van der Waals surface area contributed by atoms with E-state index in [4.69, 9.17) is 0 Å². The maximum Gasteiger partial charge on any atom is 0.236 e. The van der Waals surface area contributed by atoms with Crippen molar-refractivity contribution in [3.63, 3.8) is 0 Å². The molecule has 0 aliphatic heterocycles. The minimum Gasteiger partial charge on any atom is -0.310 e. The Labute approximate surface area is 178 Å². The third kappa shape index (κ3) is 4.20. The quantitative estimate of drug-likeness (QED) is 0.558. The fraction of sp³-hybridized carbons (Fsp3) is 0.250. The maximum absolute atomic E-state index is 13.4. The zero-order valence-corrected chi connectivity index (χ0v) is 17.4. The van der Waals surface area contributed by atoms with E-state index in [0.717, 1.165) is 43.2 Å². The predicted octanol–water partition coefficient (Wildman–Crippen LogP) is 5.17. The summed E-state index contributed by atoms with van der Waals surface area (Å²) in [5, 5.41) is 3.05. The van der Waals surface area contributed by atoms with Gasteiger partial charge in [0.05, 0.1) is 16.0 Å². The van der Waals surface area contributed by atoms with Crippen molar-refractivity contribution in [1.29, 1.82) is 0 Å². The molecule has 1 fully saturated rings. The van der Waals surface area contributed by atoms with Gasteiger partial charge in [-0.2, -0.15) is 0 Å². The van der Waals surface area contributed by atoms with Gasteiger partial charge in [-0.1, -0.05) is 67.8 Å². The second-order valence-electron chi connectivity index (χ2n) is 7.64. The van der Waals surface area contributed by atoms with Gasteiger partial charge < -0.3 is 9.87 Å². The largest absolute Gasteiger partial charge is 0.310 e. The van der Waals surface area contributed by atoms with Crippen LogP contribution in [0.2, 0.25) is 0 Å². The molecule has 6 heteroatoms. The van der Waals surface area contributed by atoms with Crippen LogP contribution in [0, 0.1) is 0 Å². The molecule has 1 atom stereocenters. The van der Waals surface area contributed by atoms with Gasteiger partial charge in [0, 0.05) is 5.56 Å². The van der Waals surface area contributed by atoms with Crippen LogP contribution in [0.15, 0.2) is 77.7 Å². The lowest BCUT2D eigenvalue weighted by Gasteiger charge is -2.36. The van der Waals surface area contributed by atoms with Crippen molar-refractivity contribution in [1.82, 2.24) is 4.98 Å². The molecule has 0 radical (unpaired) electrons. The highest BCUT2D eigenvalue weighted by Crippen LogP contribution is 2.40. The molecular formula is C24H24N2O3S. The SMILES string of the molecule is O=C(Nc1cccc(-c2ccc(S(=O)O)cc2)n1)C1(c2ccccc2)CCCCC1. The summed E-state index contributed by atoms with van der Waals surface area (Å²) in [5.74, 6) is 0.497. The molecule has 1 aromatic heterocycles. The first-order valence-electron chi connectivity index (χ1n) is 10.1. The molecule has 5 nitrogen and oxygen atoms in total. The summed E-state index contributed by atoms with van der Waals surface area (Å²) in [6.07, 6.45) is 4.90. The van der Waals surface area contributed by atoms with Crippen LogP contribution in [0.25, 0.3) is 11.3 Å². The topological polar surface area (TPSA) is 79.3 Å². The molecule has 1 heterocycles. The molecule has 1 saturated carbocycles. The highest BCUT2D eigenvalue weighted by molar-refractivity contribution is 7.79. The van der Waals surface area contributed by atoms with Gasteiger partial charge in [0.25, 0.3) is 0 Å². The van der Waals surface area contributed by atoms with Gasteiger partial charge in [-0.15, -0.1) is 0 Å². The normalized spacial score (nSPS) is 16.6. The Hall–Kier alpha value is -2.83. The molecule has 2 N–H and O–H groups in total. The molecule has 0 bridgehead atoms. The van der Waals surface area contributed by atoms with Crippen molar-refractivity contribution in [2.24, 2.45) is 0 Å². The van der Waals surface area contributed by atoms with Crippen LogP contribution in [0.1, 0.15) is 37.7 Å². The van der Waals surface area contributed by atoms with E-state index >= 15 is 0 Å². The Bertz CT molecular complexity index is 1050. The summed E-state index contributed by atoms with van der Waals surface area (Å²) in [5.41, 5.74) is 2.05. The van der Waals surface area contributed by atoms with Crippen molar-refractivity contribution < 1.29 is 13.6 Å². The lowest BCUT2D eigenvalue weighted by Crippen LogP contribution is -2.42. The summed E-state index contributed by atoms with van der Waals surface area (Å²) in [6.45, 7) is 0. The van der Waals surface area contributed by atoms with Crippen molar-refractivity contribution >= 4 is 22.8 Å². The Balaban J connectivity index is 1.59. The van der Waals surface area contributed by atoms with Crippen molar-refractivity contribution in [3.8, 4) is 11.3 Å². The van der Waals surface area contributed by atoms with Crippen LogP contribution in [0.5, 0.6) is 0 Å². The van der Waals surface area contributed by atoms with Gasteiger partial charge in [-0.05, 0) is 42.7 Å². The number of benzene rings is 2. The lowest BCUT2D eigenvalue weighted by atomic mass is 9.68. The van der Waals surface area contributed by atoms with E-state index in [9.17, 15) is 13.6 Å². The number of rotatable bonds is 5. The van der Waals surface area contributed by atoms with Crippen LogP contribution < -0.4 is 5.32 Å². The highest BCUT2D eigenvalue weighted by atomic mass is 32.2. The van der Waals surface area contributed by atoms with E-state index in [1.807, 2.05) is 42.5 Å². The minimum atomic E-state index is -2.01. The molecule has 30 heavy (non-hydrogen) atoms.